The van der Waals surface area contributed by atoms with E-state index in [1.807, 2.05) is 36.9 Å². The molecule has 1 amide bonds. The van der Waals surface area contributed by atoms with Gasteiger partial charge in [0, 0.05) is 38.3 Å². The normalized spacial score (nSPS) is 16.2. The topological polar surface area (TPSA) is 49.6 Å². The van der Waals surface area contributed by atoms with Crippen LogP contribution in [0.3, 0.4) is 0 Å². The largest absolute Gasteiger partial charge is 0.392 e. The molecular weight excluding hydrogens is 270 g/mol. The van der Waals surface area contributed by atoms with Crippen molar-refractivity contribution in [2.75, 3.05) is 32.7 Å². The van der Waals surface area contributed by atoms with Gasteiger partial charge in [-0.15, -0.1) is 0 Å². The summed E-state index contributed by atoms with van der Waals surface area (Å²) in [6, 6.07) is 6.01. The number of hydrogen-bond acceptors (Lipinski definition) is 3. The summed E-state index contributed by atoms with van der Waals surface area (Å²) >= 11 is 4.92. The first-order chi connectivity index (χ1) is 9.47. The smallest absolute Gasteiger partial charge is 0.254 e. The molecule has 1 aromatic carbocycles. The molecular formula is C15H21N3OS. The van der Waals surface area contributed by atoms with E-state index in [1.54, 1.807) is 0 Å². The summed E-state index contributed by atoms with van der Waals surface area (Å²) in [6.45, 7) is 7.75. The highest BCUT2D eigenvalue weighted by Crippen LogP contribution is 2.15. The fourth-order valence-corrected chi connectivity index (χ4v) is 2.65. The fourth-order valence-electron chi connectivity index (χ4n) is 2.47. The summed E-state index contributed by atoms with van der Waals surface area (Å²) in [6.07, 6.45) is 0. The van der Waals surface area contributed by atoms with Gasteiger partial charge < -0.3 is 10.6 Å². The van der Waals surface area contributed by atoms with E-state index >= 15 is 0 Å². The third-order valence-electron chi connectivity index (χ3n) is 3.66. The summed E-state index contributed by atoms with van der Waals surface area (Å²) in [7, 11) is 0. The second kappa shape index (κ2) is 6.33. The number of nitrogens with zero attached hydrogens (tertiary/aromatic N) is 2. The Balaban J connectivity index is 2.01. The third-order valence-corrected chi connectivity index (χ3v) is 3.79. The molecule has 5 heteroatoms. The molecule has 1 fully saturated rings. The van der Waals surface area contributed by atoms with Gasteiger partial charge >= 0.3 is 0 Å². The van der Waals surface area contributed by atoms with Crippen molar-refractivity contribution in [3.8, 4) is 0 Å². The van der Waals surface area contributed by atoms with Crippen LogP contribution in [0, 0.1) is 13.8 Å². The minimum absolute atomic E-state index is 0.126. The Labute approximate surface area is 125 Å². The Bertz CT molecular complexity index is 522. The van der Waals surface area contributed by atoms with E-state index in [4.69, 9.17) is 18.0 Å². The van der Waals surface area contributed by atoms with Crippen molar-refractivity contribution in [3.05, 3.63) is 34.9 Å². The van der Waals surface area contributed by atoms with Crippen LogP contribution >= 0.6 is 12.2 Å². The van der Waals surface area contributed by atoms with Gasteiger partial charge in [0.25, 0.3) is 5.91 Å². The maximum Gasteiger partial charge on any atom is 0.254 e. The summed E-state index contributed by atoms with van der Waals surface area (Å²) in [5.41, 5.74) is 8.52. The van der Waals surface area contributed by atoms with E-state index in [9.17, 15) is 4.79 Å². The molecule has 0 unspecified atom stereocenters. The molecule has 4 nitrogen and oxygen atoms in total. The maximum atomic E-state index is 12.6. The molecule has 1 heterocycles. The molecule has 0 bridgehead atoms. The van der Waals surface area contributed by atoms with Crippen molar-refractivity contribution in [1.82, 2.24) is 9.80 Å². The van der Waals surface area contributed by atoms with Gasteiger partial charge in [0.05, 0.1) is 4.99 Å². The molecule has 0 atom stereocenters. The minimum atomic E-state index is 0.126. The number of benzene rings is 1. The van der Waals surface area contributed by atoms with Crippen LogP contribution in [0.2, 0.25) is 0 Å². The van der Waals surface area contributed by atoms with E-state index < -0.39 is 0 Å². The van der Waals surface area contributed by atoms with Crippen molar-refractivity contribution in [1.29, 1.82) is 0 Å². The second-order valence-electron chi connectivity index (χ2n) is 5.35. The molecule has 1 aliphatic heterocycles. The number of piperazine rings is 1. The Kier molecular flexibility index (Phi) is 4.73. The van der Waals surface area contributed by atoms with Crippen LogP contribution in [0.5, 0.6) is 0 Å². The predicted molar refractivity (Wildman–Crippen MR) is 85.0 cm³/mol. The van der Waals surface area contributed by atoms with Gasteiger partial charge in [-0.2, -0.15) is 0 Å². The lowest BCUT2D eigenvalue weighted by Crippen LogP contribution is -2.50. The molecule has 0 aliphatic carbocycles. The van der Waals surface area contributed by atoms with Gasteiger partial charge in [0.15, 0.2) is 0 Å². The van der Waals surface area contributed by atoms with Gasteiger partial charge in [0.2, 0.25) is 0 Å². The number of amides is 1. The van der Waals surface area contributed by atoms with Crippen molar-refractivity contribution in [3.63, 3.8) is 0 Å². The average Bonchev–Trinajstić information content (AvgIpc) is 2.41. The van der Waals surface area contributed by atoms with E-state index in [0.717, 1.165) is 42.9 Å². The SMILES string of the molecule is Cc1ccc(C)c(C(=O)N2CCN(CC(N)=S)CC2)c1. The molecule has 0 radical (unpaired) electrons. The maximum absolute atomic E-state index is 12.6. The lowest BCUT2D eigenvalue weighted by Gasteiger charge is -2.34. The first-order valence-corrected chi connectivity index (χ1v) is 7.25. The molecule has 2 rings (SSSR count). The highest BCUT2D eigenvalue weighted by molar-refractivity contribution is 7.80. The van der Waals surface area contributed by atoms with Gasteiger partial charge in [0.1, 0.15) is 0 Å². The van der Waals surface area contributed by atoms with Gasteiger partial charge in [-0.25, -0.2) is 0 Å². The standard InChI is InChI=1S/C15H21N3OS/c1-11-3-4-12(2)13(9-11)15(19)18-7-5-17(6-8-18)10-14(16)20/h3-4,9H,5-8,10H2,1-2H3,(H2,16,20). The lowest BCUT2D eigenvalue weighted by molar-refractivity contribution is 0.0653. The van der Waals surface area contributed by atoms with E-state index in [0.29, 0.717) is 11.5 Å². The molecule has 1 aliphatic rings. The van der Waals surface area contributed by atoms with Gasteiger partial charge in [-0.3, -0.25) is 9.69 Å². The number of carbonyl (C=O) groups is 1. The quantitative estimate of drug-likeness (QED) is 0.854. The van der Waals surface area contributed by atoms with Crippen molar-refractivity contribution in [2.24, 2.45) is 5.73 Å². The molecule has 0 saturated carbocycles. The summed E-state index contributed by atoms with van der Waals surface area (Å²) in [4.78, 5) is 17.2. The molecule has 0 aromatic heterocycles. The van der Waals surface area contributed by atoms with Crippen molar-refractivity contribution >= 4 is 23.1 Å². The Morgan fingerprint density at radius 2 is 1.90 bits per heavy atom. The number of carbonyl (C=O) groups excluding carboxylic acids is 1. The van der Waals surface area contributed by atoms with E-state index in [1.165, 1.54) is 0 Å². The molecule has 1 saturated heterocycles. The summed E-state index contributed by atoms with van der Waals surface area (Å²) < 4.78 is 0. The number of aryl methyl sites for hydroxylation is 2. The molecule has 1 aromatic rings. The van der Waals surface area contributed by atoms with Crippen LogP contribution in [0.1, 0.15) is 21.5 Å². The Morgan fingerprint density at radius 3 is 2.50 bits per heavy atom. The average molecular weight is 291 g/mol. The minimum Gasteiger partial charge on any atom is -0.392 e. The van der Waals surface area contributed by atoms with Gasteiger partial charge in [-0.05, 0) is 25.5 Å². The number of rotatable bonds is 3. The lowest BCUT2D eigenvalue weighted by atomic mass is 10.0. The number of hydrogen-bond donors (Lipinski definition) is 1. The van der Waals surface area contributed by atoms with Crippen LogP contribution < -0.4 is 5.73 Å². The summed E-state index contributed by atoms with van der Waals surface area (Å²) in [5, 5.41) is 0. The highest BCUT2D eigenvalue weighted by atomic mass is 32.1. The number of thiocarbonyl (C=S) groups is 1. The first-order valence-electron chi connectivity index (χ1n) is 6.84. The second-order valence-corrected chi connectivity index (χ2v) is 5.88. The van der Waals surface area contributed by atoms with Crippen molar-refractivity contribution < 1.29 is 4.79 Å². The zero-order chi connectivity index (χ0) is 14.7. The third kappa shape index (κ3) is 3.55. The van der Waals surface area contributed by atoms with Crippen LogP contribution in [-0.2, 0) is 0 Å². The van der Waals surface area contributed by atoms with Crippen LogP contribution in [0.4, 0.5) is 0 Å². The van der Waals surface area contributed by atoms with Crippen molar-refractivity contribution in [2.45, 2.75) is 13.8 Å². The summed E-state index contributed by atoms with van der Waals surface area (Å²) in [5.74, 6) is 0.126. The fraction of sp³-hybridized carbons (Fsp3) is 0.467. The molecule has 20 heavy (non-hydrogen) atoms. The molecule has 108 valence electrons. The Morgan fingerprint density at radius 1 is 1.25 bits per heavy atom. The van der Waals surface area contributed by atoms with Crippen LogP contribution in [0.25, 0.3) is 0 Å². The first kappa shape index (κ1) is 14.9. The monoisotopic (exact) mass is 291 g/mol. The van der Waals surface area contributed by atoms with Crippen LogP contribution in [-0.4, -0.2) is 53.4 Å². The Hall–Kier alpha value is -1.46. The number of nitrogens with two attached hydrogens (primary N) is 1. The molecule has 2 N–H and O–H groups in total. The van der Waals surface area contributed by atoms with E-state index in [-0.39, 0.29) is 5.91 Å². The van der Waals surface area contributed by atoms with Gasteiger partial charge in [-0.1, -0.05) is 29.9 Å². The zero-order valence-corrected chi connectivity index (χ0v) is 12.9. The highest BCUT2D eigenvalue weighted by Gasteiger charge is 2.23. The molecule has 0 spiro atoms. The zero-order valence-electron chi connectivity index (χ0n) is 12.1. The van der Waals surface area contributed by atoms with E-state index in [2.05, 4.69) is 4.90 Å². The van der Waals surface area contributed by atoms with Crippen LogP contribution in [0.15, 0.2) is 18.2 Å². The predicted octanol–water partition coefficient (Wildman–Crippen LogP) is 1.35.